The molecule has 0 radical (unpaired) electrons. The number of aldehydes is 1. The molecule has 1 N–H and O–H groups in total. The maximum absolute atomic E-state index is 11.3. The van der Waals surface area contributed by atoms with Crippen LogP contribution in [0.2, 0.25) is 0 Å². The van der Waals surface area contributed by atoms with Crippen molar-refractivity contribution < 1.29 is 14.3 Å². The predicted octanol–water partition coefficient (Wildman–Crippen LogP) is 1.74. The molecule has 18 heavy (non-hydrogen) atoms. The Bertz CT molecular complexity index is 500. The standard InChI is InChI=1S/C14H17NO3/c1-14-8-18-12-6-10(17-2)5-9(7-16)13(12)11(14)3-4-15-14/h5-7,11,15H,3-4,8H2,1-2H3/t11-,14+/m0/s1. The number of ether oxygens (including phenoxy) is 2. The maximum atomic E-state index is 11.3. The van der Waals surface area contributed by atoms with Crippen molar-refractivity contribution in [1.29, 1.82) is 0 Å². The lowest BCUT2D eigenvalue weighted by Crippen LogP contribution is -2.48. The van der Waals surface area contributed by atoms with Gasteiger partial charge in [0.2, 0.25) is 0 Å². The van der Waals surface area contributed by atoms with Crippen molar-refractivity contribution in [2.75, 3.05) is 20.3 Å². The summed E-state index contributed by atoms with van der Waals surface area (Å²) in [5, 5.41) is 3.48. The van der Waals surface area contributed by atoms with E-state index in [9.17, 15) is 4.79 Å². The van der Waals surface area contributed by atoms with Crippen LogP contribution in [0.5, 0.6) is 11.5 Å². The third kappa shape index (κ3) is 1.52. The van der Waals surface area contributed by atoms with Crippen LogP contribution in [0.1, 0.15) is 35.2 Å². The lowest BCUT2D eigenvalue weighted by molar-refractivity contribution is 0.111. The van der Waals surface area contributed by atoms with Crippen molar-refractivity contribution in [2.45, 2.75) is 24.8 Å². The Morgan fingerprint density at radius 3 is 3.11 bits per heavy atom. The fourth-order valence-corrected chi connectivity index (χ4v) is 3.12. The van der Waals surface area contributed by atoms with E-state index < -0.39 is 0 Å². The minimum absolute atomic E-state index is 0.0562. The smallest absolute Gasteiger partial charge is 0.150 e. The van der Waals surface area contributed by atoms with Gasteiger partial charge in [-0.15, -0.1) is 0 Å². The largest absolute Gasteiger partial charge is 0.497 e. The molecule has 1 fully saturated rings. The normalized spacial score (nSPS) is 29.1. The Hall–Kier alpha value is -1.55. The minimum Gasteiger partial charge on any atom is -0.497 e. The molecule has 1 aromatic carbocycles. The highest BCUT2D eigenvalue weighted by Gasteiger charge is 2.45. The molecule has 2 heterocycles. The van der Waals surface area contributed by atoms with Crippen molar-refractivity contribution in [2.24, 2.45) is 0 Å². The van der Waals surface area contributed by atoms with E-state index in [1.54, 1.807) is 13.2 Å². The number of rotatable bonds is 2. The molecule has 2 atom stereocenters. The van der Waals surface area contributed by atoms with E-state index in [-0.39, 0.29) is 5.54 Å². The molecule has 2 aliphatic rings. The van der Waals surface area contributed by atoms with Gasteiger partial charge in [0.15, 0.2) is 6.29 Å². The van der Waals surface area contributed by atoms with Crippen LogP contribution in [0.25, 0.3) is 0 Å². The van der Waals surface area contributed by atoms with Crippen LogP contribution in [0, 0.1) is 0 Å². The summed E-state index contributed by atoms with van der Waals surface area (Å²) in [4.78, 5) is 11.3. The van der Waals surface area contributed by atoms with Gasteiger partial charge in [-0.3, -0.25) is 4.79 Å². The van der Waals surface area contributed by atoms with Crippen LogP contribution >= 0.6 is 0 Å². The Labute approximate surface area is 106 Å². The van der Waals surface area contributed by atoms with Gasteiger partial charge in [0.25, 0.3) is 0 Å². The van der Waals surface area contributed by atoms with Gasteiger partial charge in [0.1, 0.15) is 18.1 Å². The summed E-state index contributed by atoms with van der Waals surface area (Å²) in [7, 11) is 1.60. The zero-order valence-electron chi connectivity index (χ0n) is 10.7. The number of carbonyl (C=O) groups is 1. The molecule has 0 aromatic heterocycles. The van der Waals surface area contributed by atoms with Gasteiger partial charge in [0, 0.05) is 23.1 Å². The molecule has 2 aliphatic heterocycles. The molecule has 3 rings (SSSR count). The second kappa shape index (κ2) is 3.99. The summed E-state index contributed by atoms with van der Waals surface area (Å²) in [6.45, 7) is 3.76. The third-order valence-corrected chi connectivity index (χ3v) is 4.12. The van der Waals surface area contributed by atoms with Gasteiger partial charge in [-0.25, -0.2) is 0 Å². The maximum Gasteiger partial charge on any atom is 0.150 e. The minimum atomic E-state index is -0.0562. The van der Waals surface area contributed by atoms with E-state index in [1.807, 2.05) is 6.07 Å². The number of benzene rings is 1. The van der Waals surface area contributed by atoms with Crippen LogP contribution in [0.3, 0.4) is 0 Å². The quantitative estimate of drug-likeness (QED) is 0.809. The van der Waals surface area contributed by atoms with Crippen LogP contribution in [0.15, 0.2) is 12.1 Å². The Morgan fingerprint density at radius 1 is 1.56 bits per heavy atom. The van der Waals surface area contributed by atoms with Gasteiger partial charge >= 0.3 is 0 Å². The third-order valence-electron chi connectivity index (χ3n) is 4.12. The van der Waals surface area contributed by atoms with Gasteiger partial charge in [-0.2, -0.15) is 0 Å². The first-order valence-corrected chi connectivity index (χ1v) is 6.23. The van der Waals surface area contributed by atoms with Crippen molar-refractivity contribution in [3.05, 3.63) is 23.3 Å². The van der Waals surface area contributed by atoms with Gasteiger partial charge in [-0.05, 0) is 26.0 Å². The van der Waals surface area contributed by atoms with Crippen molar-refractivity contribution >= 4 is 6.29 Å². The molecule has 1 aromatic rings. The average molecular weight is 247 g/mol. The number of fused-ring (bicyclic) bond motifs is 3. The number of methoxy groups -OCH3 is 1. The molecule has 4 nitrogen and oxygen atoms in total. The molecule has 0 unspecified atom stereocenters. The van der Waals surface area contributed by atoms with Crippen LogP contribution in [-0.2, 0) is 0 Å². The number of nitrogens with one attached hydrogen (secondary N) is 1. The van der Waals surface area contributed by atoms with Crippen LogP contribution in [-0.4, -0.2) is 32.1 Å². The summed E-state index contributed by atoms with van der Waals surface area (Å²) < 4.78 is 11.0. The zero-order valence-corrected chi connectivity index (χ0v) is 10.7. The van der Waals surface area contributed by atoms with Gasteiger partial charge < -0.3 is 14.8 Å². The van der Waals surface area contributed by atoms with Crippen LogP contribution in [0.4, 0.5) is 0 Å². The highest BCUT2D eigenvalue weighted by Crippen LogP contribution is 2.46. The van der Waals surface area contributed by atoms with E-state index in [4.69, 9.17) is 9.47 Å². The van der Waals surface area contributed by atoms with Gasteiger partial charge in [-0.1, -0.05) is 0 Å². The Morgan fingerprint density at radius 2 is 2.39 bits per heavy atom. The number of carbonyl (C=O) groups excluding carboxylic acids is 1. The summed E-state index contributed by atoms with van der Waals surface area (Å²) in [6.07, 6.45) is 1.94. The van der Waals surface area contributed by atoms with Crippen molar-refractivity contribution in [1.82, 2.24) is 5.32 Å². The summed E-state index contributed by atoms with van der Waals surface area (Å²) in [6, 6.07) is 3.67. The van der Waals surface area contributed by atoms with E-state index in [2.05, 4.69) is 12.2 Å². The molecular formula is C14H17NO3. The SMILES string of the molecule is COc1cc(C=O)c2c(c1)OC[C@@]1(C)NCC[C@@H]21. The zero-order chi connectivity index (χ0) is 12.8. The molecule has 4 heteroatoms. The summed E-state index contributed by atoms with van der Waals surface area (Å²) in [5.41, 5.74) is 1.66. The van der Waals surface area contributed by atoms with Gasteiger partial charge in [0.05, 0.1) is 12.6 Å². The highest BCUT2D eigenvalue weighted by molar-refractivity contribution is 5.81. The number of hydrogen-bond donors (Lipinski definition) is 1. The summed E-state index contributed by atoms with van der Waals surface area (Å²) >= 11 is 0. The van der Waals surface area contributed by atoms with Crippen molar-refractivity contribution in [3.63, 3.8) is 0 Å². The molecule has 96 valence electrons. The average Bonchev–Trinajstić information content (AvgIpc) is 2.79. The fraction of sp³-hybridized carbons (Fsp3) is 0.500. The molecule has 1 saturated heterocycles. The van der Waals surface area contributed by atoms with E-state index >= 15 is 0 Å². The first-order chi connectivity index (χ1) is 8.68. The lowest BCUT2D eigenvalue weighted by Gasteiger charge is -2.38. The second-order valence-corrected chi connectivity index (χ2v) is 5.22. The van der Waals surface area contributed by atoms with Crippen molar-refractivity contribution in [3.8, 4) is 11.5 Å². The van der Waals surface area contributed by atoms with E-state index in [0.29, 0.717) is 23.8 Å². The fourth-order valence-electron chi connectivity index (χ4n) is 3.12. The summed E-state index contributed by atoms with van der Waals surface area (Å²) in [5.74, 6) is 1.81. The molecule has 0 bridgehead atoms. The van der Waals surface area contributed by atoms with Crippen LogP contribution < -0.4 is 14.8 Å². The first kappa shape index (κ1) is 11.5. The number of hydrogen-bond acceptors (Lipinski definition) is 4. The Kier molecular flexibility index (Phi) is 2.55. The molecule has 0 amide bonds. The second-order valence-electron chi connectivity index (χ2n) is 5.22. The monoisotopic (exact) mass is 247 g/mol. The lowest BCUT2D eigenvalue weighted by atomic mass is 9.78. The van der Waals surface area contributed by atoms with E-state index in [0.717, 1.165) is 30.6 Å². The van der Waals surface area contributed by atoms with E-state index in [1.165, 1.54) is 0 Å². The predicted molar refractivity (Wildman–Crippen MR) is 67.6 cm³/mol. The molecule has 0 aliphatic carbocycles. The first-order valence-electron chi connectivity index (χ1n) is 6.23. The Balaban J connectivity index is 2.16. The molecular weight excluding hydrogens is 230 g/mol. The molecule has 0 saturated carbocycles. The molecule has 0 spiro atoms. The highest BCUT2D eigenvalue weighted by atomic mass is 16.5. The topological polar surface area (TPSA) is 47.6 Å².